The minimum absolute atomic E-state index is 0.0882. The number of rotatable bonds is 8. The minimum atomic E-state index is -0.822. The second kappa shape index (κ2) is 8.33. The van der Waals surface area contributed by atoms with Crippen LogP contribution < -0.4 is 15.4 Å². The second-order valence-electron chi connectivity index (χ2n) is 6.14. The van der Waals surface area contributed by atoms with Crippen molar-refractivity contribution in [2.45, 2.75) is 31.8 Å². The third-order valence-electron chi connectivity index (χ3n) is 4.09. The first-order valence-electron chi connectivity index (χ1n) is 8.56. The molecule has 1 aliphatic heterocycles. The van der Waals surface area contributed by atoms with Crippen molar-refractivity contribution in [3.63, 3.8) is 0 Å². The number of nitrogens with one attached hydrogen (secondary N) is 2. The molecule has 7 heteroatoms. The van der Waals surface area contributed by atoms with E-state index in [0.29, 0.717) is 31.5 Å². The van der Waals surface area contributed by atoms with Crippen LogP contribution in [0.1, 0.15) is 24.8 Å². The lowest BCUT2D eigenvalue weighted by Crippen LogP contribution is -2.16. The number of nitrogens with zero attached hydrogens (tertiary/aromatic N) is 1. The van der Waals surface area contributed by atoms with Crippen LogP contribution in [0.15, 0.2) is 42.6 Å². The van der Waals surface area contributed by atoms with Gasteiger partial charge >= 0.3 is 5.97 Å². The Kier molecular flexibility index (Phi) is 5.68. The van der Waals surface area contributed by atoms with Gasteiger partial charge in [0.25, 0.3) is 0 Å². The zero-order valence-electron chi connectivity index (χ0n) is 14.3. The Morgan fingerprint density at radius 1 is 1.23 bits per heavy atom. The summed E-state index contributed by atoms with van der Waals surface area (Å²) in [6.45, 7) is 0.494. The number of fused-ring (bicyclic) bond motifs is 1. The highest BCUT2D eigenvalue weighted by Gasteiger charge is 2.23. The van der Waals surface area contributed by atoms with E-state index < -0.39 is 5.97 Å². The molecule has 0 aliphatic carbocycles. The summed E-state index contributed by atoms with van der Waals surface area (Å²) in [6, 6.07) is 11.1. The molecule has 0 saturated heterocycles. The van der Waals surface area contributed by atoms with Crippen molar-refractivity contribution in [3.8, 4) is 5.75 Å². The number of anilines is 2. The molecule has 0 saturated carbocycles. The van der Waals surface area contributed by atoms with E-state index in [-0.39, 0.29) is 18.4 Å². The maximum atomic E-state index is 12.1. The molecule has 2 aromatic rings. The van der Waals surface area contributed by atoms with E-state index in [1.165, 1.54) is 0 Å². The van der Waals surface area contributed by atoms with Gasteiger partial charge in [0.1, 0.15) is 17.7 Å². The fourth-order valence-corrected chi connectivity index (χ4v) is 2.84. The average molecular weight is 355 g/mol. The first kappa shape index (κ1) is 17.7. The normalized spacial score (nSPS) is 15.0. The van der Waals surface area contributed by atoms with Crippen LogP contribution >= 0.6 is 0 Å². The van der Waals surface area contributed by atoms with Gasteiger partial charge in [-0.3, -0.25) is 9.59 Å². The lowest BCUT2D eigenvalue weighted by atomic mass is 10.1. The SMILES string of the molecule is O=C(O)CCC1Cc2cc(NC(=O)CCNc3ccccn3)ccc2O1. The van der Waals surface area contributed by atoms with Gasteiger partial charge < -0.3 is 20.5 Å². The number of carbonyl (C=O) groups is 2. The first-order chi connectivity index (χ1) is 12.6. The predicted molar refractivity (Wildman–Crippen MR) is 97.4 cm³/mol. The van der Waals surface area contributed by atoms with E-state index in [0.717, 1.165) is 17.1 Å². The number of amides is 1. The number of hydrogen-bond acceptors (Lipinski definition) is 5. The molecular formula is C19H21N3O4. The smallest absolute Gasteiger partial charge is 0.303 e. The van der Waals surface area contributed by atoms with Crippen molar-refractivity contribution >= 4 is 23.4 Å². The lowest BCUT2D eigenvalue weighted by Gasteiger charge is -2.08. The van der Waals surface area contributed by atoms with E-state index in [2.05, 4.69) is 15.6 Å². The van der Waals surface area contributed by atoms with Crippen molar-refractivity contribution in [1.82, 2.24) is 4.98 Å². The van der Waals surface area contributed by atoms with Crippen molar-refractivity contribution < 1.29 is 19.4 Å². The molecule has 1 unspecified atom stereocenters. The van der Waals surface area contributed by atoms with Crippen LogP contribution in [0.25, 0.3) is 0 Å². The number of ether oxygens (including phenoxy) is 1. The largest absolute Gasteiger partial charge is 0.490 e. The van der Waals surface area contributed by atoms with Crippen LogP contribution in [-0.4, -0.2) is 34.6 Å². The first-order valence-corrected chi connectivity index (χ1v) is 8.56. The Hall–Kier alpha value is -3.09. The fourth-order valence-electron chi connectivity index (χ4n) is 2.84. The number of carboxylic acids is 1. The van der Waals surface area contributed by atoms with Crippen LogP contribution in [0.5, 0.6) is 5.75 Å². The molecule has 136 valence electrons. The number of carboxylic acid groups (broad SMARTS) is 1. The van der Waals surface area contributed by atoms with Gasteiger partial charge in [-0.15, -0.1) is 0 Å². The molecule has 0 spiro atoms. The molecule has 7 nitrogen and oxygen atoms in total. The highest BCUT2D eigenvalue weighted by Crippen LogP contribution is 2.32. The topological polar surface area (TPSA) is 101 Å². The molecule has 3 N–H and O–H groups in total. The van der Waals surface area contributed by atoms with Gasteiger partial charge in [-0.1, -0.05) is 6.07 Å². The Balaban J connectivity index is 1.46. The summed E-state index contributed by atoms with van der Waals surface area (Å²) in [4.78, 5) is 26.9. The van der Waals surface area contributed by atoms with Gasteiger partial charge in [-0.05, 0) is 42.3 Å². The van der Waals surface area contributed by atoms with Gasteiger partial charge in [0.15, 0.2) is 0 Å². The Morgan fingerprint density at radius 2 is 2.12 bits per heavy atom. The summed E-state index contributed by atoms with van der Waals surface area (Å²) >= 11 is 0. The summed E-state index contributed by atoms with van der Waals surface area (Å²) in [7, 11) is 0. The second-order valence-corrected chi connectivity index (χ2v) is 6.14. The zero-order valence-corrected chi connectivity index (χ0v) is 14.3. The lowest BCUT2D eigenvalue weighted by molar-refractivity contribution is -0.137. The summed E-state index contributed by atoms with van der Waals surface area (Å²) in [6.07, 6.45) is 3.13. The van der Waals surface area contributed by atoms with Crippen LogP contribution in [0.3, 0.4) is 0 Å². The average Bonchev–Trinajstić information content (AvgIpc) is 3.03. The fraction of sp³-hybridized carbons (Fsp3) is 0.316. The molecule has 0 bridgehead atoms. The molecule has 26 heavy (non-hydrogen) atoms. The summed E-state index contributed by atoms with van der Waals surface area (Å²) in [5.74, 6) is 0.587. The quantitative estimate of drug-likeness (QED) is 0.673. The number of benzene rings is 1. The highest BCUT2D eigenvalue weighted by atomic mass is 16.5. The molecule has 3 rings (SSSR count). The van der Waals surface area contributed by atoms with Gasteiger partial charge in [0, 0.05) is 37.7 Å². The van der Waals surface area contributed by atoms with Crippen LogP contribution in [0.4, 0.5) is 11.5 Å². The molecule has 1 aromatic heterocycles. The maximum absolute atomic E-state index is 12.1. The number of aliphatic carboxylic acids is 1. The van der Waals surface area contributed by atoms with Crippen LogP contribution in [-0.2, 0) is 16.0 Å². The number of pyridine rings is 1. The van der Waals surface area contributed by atoms with Gasteiger partial charge in [0.05, 0.1) is 0 Å². The van der Waals surface area contributed by atoms with Crippen LogP contribution in [0.2, 0.25) is 0 Å². The molecule has 1 amide bonds. The van der Waals surface area contributed by atoms with Crippen LogP contribution in [0, 0.1) is 0 Å². The number of carbonyl (C=O) groups excluding carboxylic acids is 1. The number of hydrogen-bond donors (Lipinski definition) is 3. The molecule has 0 radical (unpaired) electrons. The number of aromatic nitrogens is 1. The Bertz CT molecular complexity index is 780. The Morgan fingerprint density at radius 3 is 2.88 bits per heavy atom. The third kappa shape index (κ3) is 4.95. The molecular weight excluding hydrogens is 334 g/mol. The monoisotopic (exact) mass is 355 g/mol. The zero-order chi connectivity index (χ0) is 18.4. The van der Waals surface area contributed by atoms with E-state index in [9.17, 15) is 9.59 Å². The molecule has 1 aromatic carbocycles. The standard InChI is InChI=1S/C19H21N3O4/c23-18(8-10-21-17-3-1-2-9-20-17)22-14-4-6-16-13(11-14)12-15(26-16)5-7-19(24)25/h1-4,6,9,11,15H,5,7-8,10,12H2,(H,20,21)(H,22,23)(H,24,25). The maximum Gasteiger partial charge on any atom is 0.303 e. The van der Waals surface area contributed by atoms with Crippen molar-refractivity contribution in [3.05, 3.63) is 48.2 Å². The molecule has 1 aliphatic rings. The van der Waals surface area contributed by atoms with Gasteiger partial charge in [-0.25, -0.2) is 4.98 Å². The van der Waals surface area contributed by atoms with Crippen molar-refractivity contribution in [1.29, 1.82) is 0 Å². The minimum Gasteiger partial charge on any atom is -0.490 e. The van der Waals surface area contributed by atoms with Gasteiger partial charge in [-0.2, -0.15) is 0 Å². The summed E-state index contributed by atoms with van der Waals surface area (Å²) < 4.78 is 5.74. The highest BCUT2D eigenvalue weighted by molar-refractivity contribution is 5.91. The van der Waals surface area contributed by atoms with Crippen molar-refractivity contribution in [2.75, 3.05) is 17.2 Å². The van der Waals surface area contributed by atoms with E-state index in [1.807, 2.05) is 30.3 Å². The van der Waals surface area contributed by atoms with E-state index >= 15 is 0 Å². The molecule has 0 fully saturated rings. The summed E-state index contributed by atoms with van der Waals surface area (Å²) in [5.41, 5.74) is 1.71. The predicted octanol–water partition coefficient (Wildman–Crippen LogP) is 2.69. The Labute approximate surface area is 151 Å². The van der Waals surface area contributed by atoms with E-state index in [1.54, 1.807) is 12.3 Å². The third-order valence-corrected chi connectivity index (χ3v) is 4.09. The molecule has 2 heterocycles. The van der Waals surface area contributed by atoms with Gasteiger partial charge in [0.2, 0.25) is 5.91 Å². The van der Waals surface area contributed by atoms with Crippen molar-refractivity contribution in [2.24, 2.45) is 0 Å². The molecule has 1 atom stereocenters. The summed E-state index contributed by atoms with van der Waals surface area (Å²) in [5, 5.41) is 14.7. The van der Waals surface area contributed by atoms with E-state index in [4.69, 9.17) is 9.84 Å².